The molecule has 1 aliphatic carbocycles. The number of aryl methyl sites for hydroxylation is 2. The summed E-state index contributed by atoms with van der Waals surface area (Å²) in [7, 11) is 1.85. The Morgan fingerprint density at radius 3 is 2.76 bits per heavy atom. The van der Waals surface area contributed by atoms with Crippen molar-refractivity contribution in [1.82, 2.24) is 24.6 Å². The van der Waals surface area contributed by atoms with Crippen molar-refractivity contribution in [1.29, 1.82) is 0 Å². The van der Waals surface area contributed by atoms with Crippen molar-refractivity contribution in [3.63, 3.8) is 0 Å². The lowest BCUT2D eigenvalue weighted by atomic mass is 9.91. The number of pyridine rings is 1. The topological polar surface area (TPSA) is 64.7 Å². The third kappa shape index (κ3) is 3.04. The normalized spacial score (nSPS) is 20.7. The summed E-state index contributed by atoms with van der Waals surface area (Å²) in [5, 5.41) is 8.58. The molecule has 1 amide bonds. The average Bonchev–Trinajstić information content (AvgIpc) is 3.19. The number of amides is 1. The lowest BCUT2D eigenvalue weighted by Gasteiger charge is -2.30. The summed E-state index contributed by atoms with van der Waals surface area (Å²) in [4.78, 5) is 16.9. The van der Waals surface area contributed by atoms with E-state index < -0.39 is 0 Å². The Morgan fingerprint density at radius 2 is 2.04 bits per heavy atom. The fourth-order valence-corrected chi connectivity index (χ4v) is 3.71. The van der Waals surface area contributed by atoms with E-state index in [-0.39, 0.29) is 11.9 Å². The zero-order valence-corrected chi connectivity index (χ0v) is 14.6. The monoisotopic (exact) mass is 337 g/mol. The van der Waals surface area contributed by atoms with Crippen molar-refractivity contribution >= 4 is 16.9 Å². The fraction of sp³-hybridized carbons (Fsp3) is 0.421. The first-order valence-electron chi connectivity index (χ1n) is 8.85. The number of carbonyl (C=O) groups is 1. The van der Waals surface area contributed by atoms with Gasteiger partial charge >= 0.3 is 0 Å². The number of carbonyl (C=O) groups excluding carboxylic acids is 1. The maximum Gasteiger partial charge on any atom is 0.272 e. The number of rotatable bonds is 3. The van der Waals surface area contributed by atoms with E-state index in [0.717, 1.165) is 37.0 Å². The van der Waals surface area contributed by atoms with Crippen LogP contribution in [0.5, 0.6) is 0 Å². The van der Waals surface area contributed by atoms with Gasteiger partial charge in [-0.1, -0.05) is 0 Å². The lowest BCUT2D eigenvalue weighted by Crippen LogP contribution is -2.38. The Labute approximate surface area is 146 Å². The van der Waals surface area contributed by atoms with Crippen molar-refractivity contribution in [2.24, 2.45) is 7.05 Å². The first-order chi connectivity index (χ1) is 12.1. The molecule has 6 heteroatoms. The highest BCUT2D eigenvalue weighted by atomic mass is 16.2. The Bertz CT molecular complexity index is 882. The molecule has 3 aromatic rings. The van der Waals surface area contributed by atoms with Gasteiger partial charge in [0.2, 0.25) is 0 Å². The van der Waals surface area contributed by atoms with E-state index in [4.69, 9.17) is 0 Å². The second-order valence-corrected chi connectivity index (χ2v) is 6.91. The molecule has 0 radical (unpaired) electrons. The minimum Gasteiger partial charge on any atom is -0.348 e. The van der Waals surface area contributed by atoms with Gasteiger partial charge in [-0.15, -0.1) is 0 Å². The number of nitrogens with zero attached hydrogens (tertiary/aromatic N) is 4. The molecule has 0 bridgehead atoms. The van der Waals surface area contributed by atoms with Crippen molar-refractivity contribution in [3.8, 4) is 0 Å². The van der Waals surface area contributed by atoms with Crippen LogP contribution in [0.25, 0.3) is 11.0 Å². The van der Waals surface area contributed by atoms with Gasteiger partial charge in [0.15, 0.2) is 0 Å². The van der Waals surface area contributed by atoms with Crippen LogP contribution in [-0.2, 0) is 7.05 Å². The van der Waals surface area contributed by atoms with Gasteiger partial charge in [0, 0.05) is 42.6 Å². The minimum absolute atomic E-state index is 0.0692. The predicted molar refractivity (Wildman–Crippen MR) is 96.4 cm³/mol. The summed E-state index contributed by atoms with van der Waals surface area (Å²) in [6.45, 7) is 1.95. The Kier molecular flexibility index (Phi) is 4.03. The molecule has 6 nitrogen and oxygen atoms in total. The van der Waals surface area contributed by atoms with E-state index in [1.807, 2.05) is 32.3 Å². The van der Waals surface area contributed by atoms with Crippen molar-refractivity contribution in [3.05, 3.63) is 48.0 Å². The molecule has 0 spiro atoms. The van der Waals surface area contributed by atoms with E-state index in [1.54, 1.807) is 4.68 Å². The maximum absolute atomic E-state index is 12.4. The van der Waals surface area contributed by atoms with E-state index >= 15 is 0 Å². The first-order valence-corrected chi connectivity index (χ1v) is 8.85. The van der Waals surface area contributed by atoms with Crippen LogP contribution < -0.4 is 5.32 Å². The third-order valence-electron chi connectivity index (χ3n) is 5.25. The lowest BCUT2D eigenvalue weighted by molar-refractivity contribution is 0.0917. The molecule has 0 aromatic carbocycles. The summed E-state index contributed by atoms with van der Waals surface area (Å²) >= 11 is 0. The van der Waals surface area contributed by atoms with Crippen LogP contribution in [0.15, 0.2) is 36.7 Å². The van der Waals surface area contributed by atoms with E-state index in [9.17, 15) is 4.79 Å². The first kappa shape index (κ1) is 15.9. The Morgan fingerprint density at radius 1 is 1.24 bits per heavy atom. The van der Waals surface area contributed by atoms with E-state index in [2.05, 4.69) is 38.3 Å². The minimum atomic E-state index is -0.0692. The zero-order chi connectivity index (χ0) is 17.4. The molecule has 25 heavy (non-hydrogen) atoms. The molecule has 1 aliphatic rings. The van der Waals surface area contributed by atoms with Crippen LogP contribution >= 0.6 is 0 Å². The highest BCUT2D eigenvalue weighted by Gasteiger charge is 2.25. The molecular formula is C19H23N5O. The van der Waals surface area contributed by atoms with Gasteiger partial charge in [0.05, 0.1) is 0 Å². The molecule has 1 saturated carbocycles. The molecule has 1 N–H and O–H groups in total. The molecule has 0 saturated heterocycles. The van der Waals surface area contributed by atoms with Crippen molar-refractivity contribution in [2.75, 3.05) is 0 Å². The predicted octanol–water partition coefficient (Wildman–Crippen LogP) is 2.99. The number of hydrogen-bond acceptors (Lipinski definition) is 3. The standard InChI is InChI=1S/C19H23N5O/c1-13-12-17(22-23(13)2)19(25)21-15-5-7-16(8-6-15)24-11-9-14-4-3-10-20-18(14)24/h3-4,9-12,15-16H,5-8H2,1-2H3,(H,21,25). The van der Waals surface area contributed by atoms with Crippen LogP contribution in [0.4, 0.5) is 0 Å². The van der Waals surface area contributed by atoms with Crippen molar-refractivity contribution < 1.29 is 4.79 Å². The van der Waals surface area contributed by atoms with Crippen LogP contribution in [0, 0.1) is 6.92 Å². The molecule has 0 unspecified atom stereocenters. The molecule has 3 heterocycles. The Balaban J connectivity index is 1.39. The number of aromatic nitrogens is 4. The molecule has 0 aliphatic heterocycles. The van der Waals surface area contributed by atoms with Gasteiger partial charge in [0.1, 0.15) is 11.3 Å². The highest BCUT2D eigenvalue weighted by Crippen LogP contribution is 2.31. The van der Waals surface area contributed by atoms with E-state index in [0.29, 0.717) is 11.7 Å². The maximum atomic E-state index is 12.4. The summed E-state index contributed by atoms with van der Waals surface area (Å²) in [6, 6.07) is 8.70. The summed E-state index contributed by atoms with van der Waals surface area (Å²) in [5.74, 6) is -0.0692. The summed E-state index contributed by atoms with van der Waals surface area (Å²) < 4.78 is 4.02. The molecule has 130 valence electrons. The number of hydrogen-bond donors (Lipinski definition) is 1. The molecule has 3 aromatic heterocycles. The zero-order valence-electron chi connectivity index (χ0n) is 14.6. The summed E-state index contributed by atoms with van der Waals surface area (Å²) in [5.41, 5.74) is 2.54. The van der Waals surface area contributed by atoms with Crippen LogP contribution in [-0.4, -0.2) is 31.3 Å². The fourth-order valence-electron chi connectivity index (χ4n) is 3.71. The van der Waals surface area contributed by atoms with E-state index in [1.165, 1.54) is 5.39 Å². The molecule has 4 rings (SSSR count). The quantitative estimate of drug-likeness (QED) is 0.799. The van der Waals surface area contributed by atoms with Gasteiger partial charge in [-0.25, -0.2) is 4.98 Å². The molecule has 0 atom stereocenters. The third-order valence-corrected chi connectivity index (χ3v) is 5.25. The second-order valence-electron chi connectivity index (χ2n) is 6.91. The van der Waals surface area contributed by atoms with Gasteiger partial charge in [-0.05, 0) is 56.9 Å². The summed E-state index contributed by atoms with van der Waals surface area (Å²) in [6.07, 6.45) is 8.04. The van der Waals surface area contributed by atoms with Crippen LogP contribution in [0.3, 0.4) is 0 Å². The smallest absolute Gasteiger partial charge is 0.272 e. The molecular weight excluding hydrogens is 314 g/mol. The Hall–Kier alpha value is -2.63. The number of nitrogens with one attached hydrogen (secondary N) is 1. The SMILES string of the molecule is Cc1cc(C(=O)NC2CCC(n3ccc4cccnc43)CC2)nn1C. The van der Waals surface area contributed by atoms with Crippen LogP contribution in [0.2, 0.25) is 0 Å². The van der Waals surface area contributed by atoms with Gasteiger partial charge < -0.3 is 9.88 Å². The highest BCUT2D eigenvalue weighted by molar-refractivity contribution is 5.92. The molecule has 1 fully saturated rings. The van der Waals surface area contributed by atoms with Crippen LogP contribution in [0.1, 0.15) is 47.9 Å². The average molecular weight is 337 g/mol. The van der Waals surface area contributed by atoms with Gasteiger partial charge in [0.25, 0.3) is 5.91 Å². The second kappa shape index (κ2) is 6.35. The van der Waals surface area contributed by atoms with Crippen molar-refractivity contribution in [2.45, 2.75) is 44.7 Å². The van der Waals surface area contributed by atoms with Gasteiger partial charge in [-0.3, -0.25) is 9.48 Å². The largest absolute Gasteiger partial charge is 0.348 e. The number of fused-ring (bicyclic) bond motifs is 1. The van der Waals surface area contributed by atoms with Gasteiger partial charge in [-0.2, -0.15) is 5.10 Å².